The molecule has 0 aromatic heterocycles. The summed E-state index contributed by atoms with van der Waals surface area (Å²) in [5, 5.41) is 11.9. The summed E-state index contributed by atoms with van der Waals surface area (Å²) in [6, 6.07) is 7.05. The van der Waals surface area contributed by atoms with Gasteiger partial charge in [0.25, 0.3) is 0 Å². The van der Waals surface area contributed by atoms with Gasteiger partial charge < -0.3 is 20.1 Å². The number of benzene rings is 1. The van der Waals surface area contributed by atoms with Gasteiger partial charge in [0.2, 0.25) is 0 Å². The maximum Gasteiger partial charge on any atom is 0.329 e. The zero-order valence-corrected chi connectivity index (χ0v) is 12.3. The van der Waals surface area contributed by atoms with Gasteiger partial charge >= 0.3 is 12.0 Å². The van der Waals surface area contributed by atoms with E-state index in [1.165, 1.54) is 4.90 Å². The van der Waals surface area contributed by atoms with Crippen molar-refractivity contribution in [1.29, 1.82) is 0 Å². The van der Waals surface area contributed by atoms with Crippen molar-refractivity contribution >= 4 is 12.0 Å². The van der Waals surface area contributed by atoms with E-state index in [4.69, 9.17) is 4.74 Å². The summed E-state index contributed by atoms with van der Waals surface area (Å²) in [6.45, 7) is 0.388. The second-order valence-electron chi connectivity index (χ2n) is 5.38. The normalized spacial score (nSPS) is 15.7. The zero-order chi connectivity index (χ0) is 15.5. The molecule has 0 heterocycles. The van der Waals surface area contributed by atoms with Gasteiger partial charge in [0, 0.05) is 13.6 Å². The maximum absolute atomic E-state index is 12.1. The molecule has 2 amide bonds. The van der Waals surface area contributed by atoms with E-state index in [1.807, 2.05) is 24.3 Å². The third-order valence-electron chi connectivity index (χ3n) is 3.86. The minimum absolute atomic E-state index is 0.375. The first-order chi connectivity index (χ1) is 9.97. The van der Waals surface area contributed by atoms with Crippen molar-refractivity contribution in [2.24, 2.45) is 0 Å². The van der Waals surface area contributed by atoms with Crippen molar-refractivity contribution in [3.8, 4) is 5.75 Å². The number of hydrogen-bond donors (Lipinski definition) is 2. The molecular weight excluding hydrogens is 272 g/mol. The number of amides is 2. The molecule has 0 unspecified atom stereocenters. The highest BCUT2D eigenvalue weighted by Crippen LogP contribution is 2.32. The number of hydrogen-bond acceptors (Lipinski definition) is 3. The molecule has 0 radical (unpaired) electrons. The summed E-state index contributed by atoms with van der Waals surface area (Å²) in [5.74, 6) is -0.237. The lowest BCUT2D eigenvalue weighted by molar-refractivity contribution is -0.148. The lowest BCUT2D eigenvalue weighted by Gasteiger charge is -2.39. The largest absolute Gasteiger partial charge is 0.497 e. The van der Waals surface area contributed by atoms with Gasteiger partial charge in [0.15, 0.2) is 0 Å². The van der Waals surface area contributed by atoms with Crippen LogP contribution < -0.4 is 10.1 Å². The molecule has 6 heteroatoms. The van der Waals surface area contributed by atoms with Crippen LogP contribution in [0.2, 0.25) is 0 Å². The van der Waals surface area contributed by atoms with Crippen molar-refractivity contribution < 1.29 is 19.4 Å². The second kappa shape index (κ2) is 6.03. The fraction of sp³-hybridized carbons (Fsp3) is 0.467. The molecule has 0 atom stereocenters. The standard InChI is InChI=1S/C15H20N2O4/c1-17(10-11-5-3-6-12(9-11)21-2)14(20)16-15(13(18)19)7-4-8-15/h3,5-6,9H,4,7-8,10H2,1-2H3,(H,16,20)(H,18,19). The van der Waals surface area contributed by atoms with E-state index in [-0.39, 0.29) is 6.03 Å². The Bertz CT molecular complexity index is 540. The molecule has 0 saturated heterocycles. The summed E-state index contributed by atoms with van der Waals surface area (Å²) in [6.07, 6.45) is 1.80. The fourth-order valence-electron chi connectivity index (χ4n) is 2.34. The molecule has 2 rings (SSSR count). The predicted molar refractivity (Wildman–Crippen MR) is 77.2 cm³/mol. The third kappa shape index (κ3) is 3.26. The first kappa shape index (κ1) is 15.2. The molecule has 1 aromatic rings. The van der Waals surface area contributed by atoms with Crippen molar-refractivity contribution in [1.82, 2.24) is 10.2 Å². The Hall–Kier alpha value is -2.24. The molecule has 0 bridgehead atoms. The highest BCUT2D eigenvalue weighted by Gasteiger charge is 2.46. The molecule has 1 saturated carbocycles. The second-order valence-corrected chi connectivity index (χ2v) is 5.38. The topological polar surface area (TPSA) is 78.9 Å². The fourth-order valence-corrected chi connectivity index (χ4v) is 2.34. The Morgan fingerprint density at radius 2 is 2.14 bits per heavy atom. The molecule has 1 aliphatic rings. The molecular formula is C15H20N2O4. The smallest absolute Gasteiger partial charge is 0.329 e. The molecule has 114 valence electrons. The van der Waals surface area contributed by atoms with Gasteiger partial charge in [-0.1, -0.05) is 12.1 Å². The number of carboxylic acid groups (broad SMARTS) is 1. The van der Waals surface area contributed by atoms with Gasteiger partial charge in [-0.2, -0.15) is 0 Å². The van der Waals surface area contributed by atoms with E-state index >= 15 is 0 Å². The minimum Gasteiger partial charge on any atom is -0.497 e. The van der Waals surface area contributed by atoms with Crippen LogP contribution in [-0.4, -0.2) is 41.7 Å². The van der Waals surface area contributed by atoms with Gasteiger partial charge in [-0.05, 0) is 37.0 Å². The van der Waals surface area contributed by atoms with Crippen LogP contribution in [0.4, 0.5) is 4.79 Å². The highest BCUT2D eigenvalue weighted by molar-refractivity contribution is 5.87. The SMILES string of the molecule is COc1cccc(CN(C)C(=O)NC2(C(=O)O)CCC2)c1. The molecule has 21 heavy (non-hydrogen) atoms. The number of urea groups is 1. The van der Waals surface area contributed by atoms with Gasteiger partial charge in [-0.25, -0.2) is 9.59 Å². The lowest BCUT2D eigenvalue weighted by atomic mass is 9.77. The van der Waals surface area contributed by atoms with Gasteiger partial charge in [0.1, 0.15) is 11.3 Å². The van der Waals surface area contributed by atoms with Crippen LogP contribution >= 0.6 is 0 Å². The van der Waals surface area contributed by atoms with Crippen molar-refractivity contribution in [3.05, 3.63) is 29.8 Å². The minimum atomic E-state index is -1.08. The summed E-state index contributed by atoms with van der Waals surface area (Å²) >= 11 is 0. The predicted octanol–water partition coefficient (Wildman–Crippen LogP) is 1.84. The molecule has 1 fully saturated rings. The first-order valence-electron chi connectivity index (χ1n) is 6.86. The maximum atomic E-state index is 12.1. The molecule has 0 aliphatic heterocycles. The van der Waals surface area contributed by atoms with E-state index < -0.39 is 11.5 Å². The van der Waals surface area contributed by atoms with Crippen LogP contribution in [0.15, 0.2) is 24.3 Å². The van der Waals surface area contributed by atoms with Gasteiger partial charge in [-0.15, -0.1) is 0 Å². The number of carboxylic acids is 1. The average molecular weight is 292 g/mol. The number of carbonyl (C=O) groups excluding carboxylic acids is 1. The van der Waals surface area contributed by atoms with Crippen molar-refractivity contribution in [3.63, 3.8) is 0 Å². The van der Waals surface area contributed by atoms with Crippen LogP contribution in [0.25, 0.3) is 0 Å². The summed E-state index contributed by atoms with van der Waals surface area (Å²) in [5.41, 5.74) is -0.162. The molecule has 2 N–H and O–H groups in total. The number of ether oxygens (including phenoxy) is 1. The van der Waals surface area contributed by atoms with Crippen molar-refractivity contribution in [2.45, 2.75) is 31.3 Å². The first-order valence-corrected chi connectivity index (χ1v) is 6.86. The molecule has 1 aromatic carbocycles. The summed E-state index contributed by atoms with van der Waals surface area (Å²) in [7, 11) is 3.23. The van der Waals surface area contributed by atoms with E-state index in [0.29, 0.717) is 19.4 Å². The Kier molecular flexibility index (Phi) is 4.35. The Morgan fingerprint density at radius 1 is 1.43 bits per heavy atom. The third-order valence-corrected chi connectivity index (χ3v) is 3.86. The highest BCUT2D eigenvalue weighted by atomic mass is 16.5. The quantitative estimate of drug-likeness (QED) is 0.868. The van der Waals surface area contributed by atoms with E-state index in [2.05, 4.69) is 5.32 Å². The Morgan fingerprint density at radius 3 is 2.67 bits per heavy atom. The molecule has 1 aliphatic carbocycles. The van der Waals surface area contributed by atoms with Crippen LogP contribution in [0, 0.1) is 0 Å². The number of carbonyl (C=O) groups is 2. The van der Waals surface area contributed by atoms with Crippen LogP contribution in [0.1, 0.15) is 24.8 Å². The van der Waals surface area contributed by atoms with Crippen molar-refractivity contribution in [2.75, 3.05) is 14.2 Å². The number of rotatable bonds is 5. The van der Waals surface area contributed by atoms with Gasteiger partial charge in [-0.3, -0.25) is 0 Å². The Labute approximate surface area is 123 Å². The number of methoxy groups -OCH3 is 1. The Balaban J connectivity index is 1.97. The van der Waals surface area contributed by atoms with Crippen LogP contribution in [0.3, 0.4) is 0 Å². The van der Waals surface area contributed by atoms with Gasteiger partial charge in [0.05, 0.1) is 7.11 Å². The molecule has 0 spiro atoms. The summed E-state index contributed by atoms with van der Waals surface area (Å²) < 4.78 is 5.14. The molecule has 6 nitrogen and oxygen atoms in total. The summed E-state index contributed by atoms with van der Waals surface area (Å²) in [4.78, 5) is 24.9. The lowest BCUT2D eigenvalue weighted by Crippen LogP contribution is -2.61. The average Bonchev–Trinajstić information content (AvgIpc) is 2.42. The van der Waals surface area contributed by atoms with E-state index in [9.17, 15) is 14.7 Å². The van der Waals surface area contributed by atoms with E-state index in [1.54, 1.807) is 14.2 Å². The number of nitrogens with zero attached hydrogens (tertiary/aromatic N) is 1. The van der Waals surface area contributed by atoms with E-state index in [0.717, 1.165) is 17.7 Å². The number of nitrogens with one attached hydrogen (secondary N) is 1. The van der Waals surface area contributed by atoms with Crippen LogP contribution in [0.5, 0.6) is 5.75 Å². The number of aliphatic carboxylic acids is 1. The monoisotopic (exact) mass is 292 g/mol. The zero-order valence-electron chi connectivity index (χ0n) is 12.3. The van der Waals surface area contributed by atoms with Crippen LogP contribution in [-0.2, 0) is 11.3 Å².